The lowest BCUT2D eigenvalue weighted by atomic mass is 10.0. The first-order valence-electron chi connectivity index (χ1n) is 7.50. The maximum absolute atomic E-state index is 12.6. The van der Waals surface area contributed by atoms with Crippen molar-refractivity contribution in [3.05, 3.63) is 58.6 Å². The number of halogens is 1. The first kappa shape index (κ1) is 17.0. The molecule has 2 N–H and O–H groups in total. The molecule has 1 aliphatic heterocycles. The van der Waals surface area contributed by atoms with Crippen LogP contribution in [0.5, 0.6) is 0 Å². The van der Waals surface area contributed by atoms with Crippen LogP contribution in [0.25, 0.3) is 0 Å². The summed E-state index contributed by atoms with van der Waals surface area (Å²) in [5, 5.41) is 3.28. The van der Waals surface area contributed by atoms with Gasteiger partial charge in [-0.05, 0) is 55.3 Å². The van der Waals surface area contributed by atoms with E-state index in [1.165, 1.54) is 6.07 Å². The summed E-state index contributed by atoms with van der Waals surface area (Å²) in [5.41, 5.74) is 2.13. The van der Waals surface area contributed by atoms with Crippen molar-refractivity contribution in [1.29, 1.82) is 0 Å². The van der Waals surface area contributed by atoms with Crippen LogP contribution in [-0.4, -0.2) is 14.3 Å². The van der Waals surface area contributed by atoms with Crippen LogP contribution in [0.2, 0.25) is 5.02 Å². The van der Waals surface area contributed by atoms with Gasteiger partial charge in [-0.25, -0.2) is 13.1 Å². The Morgan fingerprint density at radius 3 is 2.67 bits per heavy atom. The molecule has 3 rings (SSSR count). The molecule has 7 heteroatoms. The molecule has 1 amide bonds. The highest BCUT2D eigenvalue weighted by molar-refractivity contribution is 7.89. The third kappa shape index (κ3) is 3.17. The molecular formula is C17H17ClN2O3S. The van der Waals surface area contributed by atoms with E-state index in [1.807, 2.05) is 6.07 Å². The highest BCUT2D eigenvalue weighted by Gasteiger charge is 2.28. The monoisotopic (exact) mass is 364 g/mol. The van der Waals surface area contributed by atoms with Crippen LogP contribution in [0.15, 0.2) is 47.4 Å². The molecule has 0 bridgehead atoms. The number of anilines is 1. The van der Waals surface area contributed by atoms with Crippen molar-refractivity contribution >= 4 is 33.2 Å². The maximum Gasteiger partial charge on any atom is 0.241 e. The van der Waals surface area contributed by atoms with Gasteiger partial charge in [0.2, 0.25) is 15.9 Å². The summed E-state index contributed by atoms with van der Waals surface area (Å²) in [7, 11) is -3.72. The van der Waals surface area contributed by atoms with Gasteiger partial charge in [0.05, 0.1) is 10.8 Å². The average molecular weight is 365 g/mol. The molecular weight excluding hydrogens is 348 g/mol. The van der Waals surface area contributed by atoms with E-state index in [4.69, 9.17) is 11.6 Å². The first-order chi connectivity index (χ1) is 11.3. The predicted molar refractivity (Wildman–Crippen MR) is 93.7 cm³/mol. The Balaban J connectivity index is 1.88. The zero-order valence-electron chi connectivity index (χ0n) is 13.2. The van der Waals surface area contributed by atoms with E-state index in [0.717, 1.165) is 5.56 Å². The minimum Gasteiger partial charge on any atom is -0.325 e. The van der Waals surface area contributed by atoms with Gasteiger partial charge in [0.15, 0.2) is 0 Å². The highest BCUT2D eigenvalue weighted by atomic mass is 35.5. The predicted octanol–water partition coefficient (Wildman–Crippen LogP) is 3.44. The summed E-state index contributed by atoms with van der Waals surface area (Å²) in [5.74, 6) is -0.486. The summed E-state index contributed by atoms with van der Waals surface area (Å²) < 4.78 is 27.9. The molecule has 126 valence electrons. The van der Waals surface area contributed by atoms with Gasteiger partial charge in [-0.1, -0.05) is 23.7 Å². The van der Waals surface area contributed by atoms with E-state index in [2.05, 4.69) is 10.0 Å². The van der Waals surface area contributed by atoms with Crippen LogP contribution in [0, 0.1) is 0 Å². The van der Waals surface area contributed by atoms with Gasteiger partial charge >= 0.3 is 0 Å². The summed E-state index contributed by atoms with van der Waals surface area (Å²) in [6.07, 6.45) is 0. The second-order valence-corrected chi connectivity index (χ2v) is 8.01. The molecule has 0 saturated carbocycles. The Hall–Kier alpha value is -1.89. The fraction of sp³-hybridized carbons (Fsp3) is 0.235. The molecule has 0 saturated heterocycles. The first-order valence-corrected chi connectivity index (χ1v) is 9.36. The second kappa shape index (κ2) is 6.20. The molecule has 1 aliphatic rings. The molecule has 0 aliphatic carbocycles. The van der Waals surface area contributed by atoms with Gasteiger partial charge in [0.25, 0.3) is 0 Å². The molecule has 2 aromatic rings. The number of benzene rings is 2. The number of carbonyl (C=O) groups excluding carboxylic acids is 1. The molecule has 0 unspecified atom stereocenters. The number of hydrogen-bond donors (Lipinski definition) is 2. The van der Waals surface area contributed by atoms with Crippen molar-refractivity contribution in [2.45, 2.75) is 30.7 Å². The SMILES string of the molecule is C[C@H](NS(=O)(=O)c1ccc2c(c1)[C@H](C)C(=O)N2)c1cccc(Cl)c1. The zero-order valence-corrected chi connectivity index (χ0v) is 14.8. The van der Waals surface area contributed by atoms with Gasteiger partial charge < -0.3 is 5.32 Å². The number of carbonyl (C=O) groups is 1. The van der Waals surface area contributed by atoms with Crippen molar-refractivity contribution in [3.8, 4) is 0 Å². The van der Waals surface area contributed by atoms with Crippen LogP contribution < -0.4 is 10.0 Å². The summed E-state index contributed by atoms with van der Waals surface area (Å²) in [6.45, 7) is 3.50. The smallest absolute Gasteiger partial charge is 0.241 e. The fourth-order valence-electron chi connectivity index (χ4n) is 2.71. The molecule has 5 nitrogen and oxygen atoms in total. The van der Waals surface area contributed by atoms with Crippen LogP contribution in [0.4, 0.5) is 5.69 Å². The van der Waals surface area contributed by atoms with E-state index < -0.39 is 16.1 Å². The van der Waals surface area contributed by atoms with Gasteiger partial charge in [0.1, 0.15) is 0 Å². The molecule has 0 spiro atoms. The largest absolute Gasteiger partial charge is 0.325 e. The highest BCUT2D eigenvalue weighted by Crippen LogP contribution is 2.34. The summed E-state index contributed by atoms with van der Waals surface area (Å²) >= 11 is 5.95. The molecule has 24 heavy (non-hydrogen) atoms. The zero-order chi connectivity index (χ0) is 17.5. The number of hydrogen-bond acceptors (Lipinski definition) is 3. The minimum absolute atomic E-state index is 0.125. The maximum atomic E-state index is 12.6. The lowest BCUT2D eigenvalue weighted by molar-refractivity contribution is -0.116. The van der Waals surface area contributed by atoms with Crippen LogP contribution >= 0.6 is 11.6 Å². The standard InChI is InChI=1S/C17H17ClN2O3S/c1-10-15-9-14(6-7-16(15)19-17(10)21)24(22,23)20-11(2)12-4-3-5-13(18)8-12/h3-11,20H,1-2H3,(H,19,21)/t10-,11-/m0/s1. The van der Waals surface area contributed by atoms with Crippen molar-refractivity contribution in [2.75, 3.05) is 5.32 Å². The number of sulfonamides is 1. The molecule has 0 fully saturated rings. The third-order valence-corrected chi connectivity index (χ3v) is 5.91. The van der Waals surface area contributed by atoms with Gasteiger partial charge in [-0.3, -0.25) is 4.79 Å². The van der Waals surface area contributed by atoms with Crippen molar-refractivity contribution in [1.82, 2.24) is 4.72 Å². The number of rotatable bonds is 4. The van der Waals surface area contributed by atoms with Gasteiger partial charge in [0, 0.05) is 16.8 Å². The van der Waals surface area contributed by atoms with Crippen molar-refractivity contribution < 1.29 is 13.2 Å². The van der Waals surface area contributed by atoms with E-state index in [9.17, 15) is 13.2 Å². The summed E-state index contributed by atoms with van der Waals surface area (Å²) in [4.78, 5) is 11.8. The average Bonchev–Trinajstić information content (AvgIpc) is 2.81. The Morgan fingerprint density at radius 1 is 1.21 bits per heavy atom. The molecule has 1 heterocycles. The topological polar surface area (TPSA) is 75.3 Å². The molecule has 2 aromatic carbocycles. The van der Waals surface area contributed by atoms with E-state index in [1.54, 1.807) is 44.2 Å². The lowest BCUT2D eigenvalue weighted by Crippen LogP contribution is -2.27. The number of fused-ring (bicyclic) bond motifs is 1. The Morgan fingerprint density at radius 2 is 1.96 bits per heavy atom. The molecule has 0 aromatic heterocycles. The lowest BCUT2D eigenvalue weighted by Gasteiger charge is -2.15. The van der Waals surface area contributed by atoms with E-state index >= 15 is 0 Å². The number of nitrogens with one attached hydrogen (secondary N) is 2. The third-order valence-electron chi connectivity index (χ3n) is 4.13. The Labute approximate surface area is 146 Å². The van der Waals surface area contributed by atoms with E-state index in [0.29, 0.717) is 16.3 Å². The quantitative estimate of drug-likeness (QED) is 0.872. The van der Waals surface area contributed by atoms with Gasteiger partial charge in [-0.2, -0.15) is 0 Å². The normalized spacial score (nSPS) is 18.1. The van der Waals surface area contributed by atoms with Crippen LogP contribution in [0.1, 0.15) is 36.9 Å². The van der Waals surface area contributed by atoms with Crippen LogP contribution in [0.3, 0.4) is 0 Å². The minimum atomic E-state index is -3.72. The second-order valence-electron chi connectivity index (χ2n) is 5.86. The Bertz CT molecular complexity index is 912. The number of amides is 1. The van der Waals surface area contributed by atoms with E-state index in [-0.39, 0.29) is 16.7 Å². The molecule has 2 atom stereocenters. The van der Waals surface area contributed by atoms with Crippen molar-refractivity contribution in [3.63, 3.8) is 0 Å². The van der Waals surface area contributed by atoms with Gasteiger partial charge in [-0.15, -0.1) is 0 Å². The summed E-state index contributed by atoms with van der Waals surface area (Å²) in [6, 6.07) is 11.3. The molecule has 0 radical (unpaired) electrons. The Kier molecular flexibility index (Phi) is 4.38. The van der Waals surface area contributed by atoms with Crippen LogP contribution in [-0.2, 0) is 14.8 Å². The fourth-order valence-corrected chi connectivity index (χ4v) is 4.17. The van der Waals surface area contributed by atoms with Crippen molar-refractivity contribution in [2.24, 2.45) is 0 Å².